The van der Waals surface area contributed by atoms with E-state index in [-0.39, 0.29) is 5.75 Å². The van der Waals surface area contributed by atoms with Gasteiger partial charge in [0.05, 0.1) is 28.4 Å². The molecule has 5 nitrogen and oxygen atoms in total. The Morgan fingerprint density at radius 3 is 1.92 bits per heavy atom. The average molecular weight is 372 g/mol. The van der Waals surface area contributed by atoms with Gasteiger partial charge in [0.1, 0.15) is 0 Å². The van der Waals surface area contributed by atoms with Crippen LogP contribution in [0.2, 0.25) is 0 Å². The molecule has 1 aromatic heterocycles. The number of benzene rings is 2. The smallest absolute Gasteiger partial charge is 0.203 e. The summed E-state index contributed by atoms with van der Waals surface area (Å²) in [6, 6.07) is 11.2. The molecule has 0 bridgehead atoms. The van der Waals surface area contributed by atoms with Gasteiger partial charge in [0, 0.05) is 10.4 Å². The van der Waals surface area contributed by atoms with Gasteiger partial charge in [-0.15, -0.1) is 11.3 Å². The molecule has 0 unspecified atom stereocenters. The van der Waals surface area contributed by atoms with Crippen LogP contribution < -0.4 is 18.9 Å². The van der Waals surface area contributed by atoms with E-state index in [0.717, 1.165) is 21.6 Å². The fraction of sp³-hybridized carbons (Fsp3) is 0.200. The third-order valence-corrected chi connectivity index (χ3v) is 5.05. The monoisotopic (exact) mass is 372 g/mol. The highest BCUT2D eigenvalue weighted by molar-refractivity contribution is 7.14. The molecule has 136 valence electrons. The molecular formula is C20H20O5S. The molecule has 2 aromatic carbocycles. The summed E-state index contributed by atoms with van der Waals surface area (Å²) in [7, 11) is 6.30. The number of methoxy groups -OCH3 is 4. The molecule has 0 amide bonds. The van der Waals surface area contributed by atoms with Crippen molar-refractivity contribution < 1.29 is 24.1 Å². The number of phenols is 1. The third kappa shape index (κ3) is 3.15. The van der Waals surface area contributed by atoms with Crippen LogP contribution in [-0.2, 0) is 0 Å². The Morgan fingerprint density at radius 2 is 1.38 bits per heavy atom. The Hall–Kier alpha value is -2.86. The van der Waals surface area contributed by atoms with Gasteiger partial charge in [0.15, 0.2) is 23.0 Å². The first-order chi connectivity index (χ1) is 12.6. The van der Waals surface area contributed by atoms with E-state index in [1.807, 2.05) is 29.6 Å². The summed E-state index contributed by atoms with van der Waals surface area (Å²) in [5, 5.41) is 12.1. The van der Waals surface area contributed by atoms with Gasteiger partial charge < -0.3 is 24.1 Å². The standard InChI is InChI=1S/C20H20O5S/c1-22-16-6-5-12(9-15(16)21)20-14(7-8-26-20)13-10-17(23-2)19(25-4)18(11-13)24-3/h5-11,21H,1-4H3. The van der Waals surface area contributed by atoms with Gasteiger partial charge in [-0.2, -0.15) is 0 Å². The van der Waals surface area contributed by atoms with Crippen LogP contribution in [0.4, 0.5) is 0 Å². The number of phenolic OH excluding ortho intramolecular Hbond substituents is 1. The van der Waals surface area contributed by atoms with E-state index in [1.165, 1.54) is 7.11 Å². The van der Waals surface area contributed by atoms with Gasteiger partial charge in [-0.3, -0.25) is 0 Å². The van der Waals surface area contributed by atoms with Crippen molar-refractivity contribution in [3.05, 3.63) is 41.8 Å². The summed E-state index contributed by atoms with van der Waals surface area (Å²) in [5.41, 5.74) is 2.85. The number of hydrogen-bond donors (Lipinski definition) is 1. The Kier molecular flexibility index (Phi) is 5.23. The summed E-state index contributed by atoms with van der Waals surface area (Å²) < 4.78 is 21.4. The minimum atomic E-state index is 0.106. The Balaban J connectivity index is 2.13. The molecule has 3 rings (SSSR count). The highest BCUT2D eigenvalue weighted by atomic mass is 32.1. The maximum Gasteiger partial charge on any atom is 0.203 e. The van der Waals surface area contributed by atoms with E-state index in [4.69, 9.17) is 18.9 Å². The second-order valence-corrected chi connectivity index (χ2v) is 6.38. The molecule has 0 aliphatic rings. The molecular weight excluding hydrogens is 352 g/mol. The average Bonchev–Trinajstić information content (AvgIpc) is 3.16. The van der Waals surface area contributed by atoms with Crippen LogP contribution in [0.25, 0.3) is 21.6 Å². The van der Waals surface area contributed by atoms with Gasteiger partial charge in [-0.05, 0) is 52.9 Å². The van der Waals surface area contributed by atoms with Crippen molar-refractivity contribution in [1.82, 2.24) is 0 Å². The largest absolute Gasteiger partial charge is 0.504 e. The zero-order valence-electron chi connectivity index (χ0n) is 15.0. The first kappa shape index (κ1) is 17.9. The highest BCUT2D eigenvalue weighted by Gasteiger charge is 2.17. The Morgan fingerprint density at radius 1 is 0.731 bits per heavy atom. The molecule has 0 aliphatic heterocycles. The minimum Gasteiger partial charge on any atom is -0.504 e. The fourth-order valence-corrected chi connectivity index (χ4v) is 3.74. The molecule has 6 heteroatoms. The normalized spacial score (nSPS) is 10.5. The first-order valence-corrected chi connectivity index (χ1v) is 8.76. The molecule has 0 aliphatic carbocycles. The zero-order chi connectivity index (χ0) is 18.7. The number of rotatable bonds is 6. The lowest BCUT2D eigenvalue weighted by Crippen LogP contribution is -1.95. The topological polar surface area (TPSA) is 57.2 Å². The zero-order valence-corrected chi connectivity index (χ0v) is 15.8. The summed E-state index contributed by atoms with van der Waals surface area (Å²) in [4.78, 5) is 1.03. The molecule has 0 saturated carbocycles. The van der Waals surface area contributed by atoms with Crippen LogP contribution in [0.1, 0.15) is 0 Å². The lowest BCUT2D eigenvalue weighted by Gasteiger charge is -2.14. The van der Waals surface area contributed by atoms with Crippen molar-refractivity contribution in [3.8, 4) is 50.3 Å². The molecule has 0 saturated heterocycles. The van der Waals surface area contributed by atoms with Crippen LogP contribution >= 0.6 is 11.3 Å². The lowest BCUT2D eigenvalue weighted by molar-refractivity contribution is 0.324. The van der Waals surface area contributed by atoms with E-state index in [2.05, 4.69) is 0 Å². The minimum absolute atomic E-state index is 0.106. The molecule has 0 fully saturated rings. The maximum absolute atomic E-state index is 10.1. The molecule has 0 spiro atoms. The fourth-order valence-electron chi connectivity index (χ4n) is 2.83. The first-order valence-electron chi connectivity index (χ1n) is 7.88. The number of ether oxygens (including phenoxy) is 4. The molecule has 0 radical (unpaired) electrons. The van der Waals surface area contributed by atoms with Gasteiger partial charge >= 0.3 is 0 Å². The van der Waals surface area contributed by atoms with Crippen LogP contribution in [-0.4, -0.2) is 33.5 Å². The SMILES string of the molecule is COc1ccc(-c2sccc2-c2cc(OC)c(OC)c(OC)c2)cc1O. The number of aromatic hydroxyl groups is 1. The third-order valence-electron chi connectivity index (χ3n) is 4.08. The molecule has 26 heavy (non-hydrogen) atoms. The number of thiophene rings is 1. The van der Waals surface area contributed by atoms with E-state index in [1.54, 1.807) is 44.8 Å². The van der Waals surface area contributed by atoms with Crippen molar-refractivity contribution >= 4 is 11.3 Å². The van der Waals surface area contributed by atoms with Crippen molar-refractivity contribution in [2.24, 2.45) is 0 Å². The Bertz CT molecular complexity index is 891. The van der Waals surface area contributed by atoms with Crippen molar-refractivity contribution in [3.63, 3.8) is 0 Å². The van der Waals surface area contributed by atoms with Gasteiger partial charge in [0.25, 0.3) is 0 Å². The summed E-state index contributed by atoms with van der Waals surface area (Å²) >= 11 is 1.59. The quantitative estimate of drug-likeness (QED) is 0.672. The highest BCUT2D eigenvalue weighted by Crippen LogP contribution is 2.45. The predicted octanol–water partition coefficient (Wildman–Crippen LogP) is 4.82. The summed E-state index contributed by atoms with van der Waals surface area (Å²) in [6.07, 6.45) is 0. The lowest BCUT2D eigenvalue weighted by atomic mass is 10.0. The molecule has 1 heterocycles. The summed E-state index contributed by atoms with van der Waals surface area (Å²) in [5.74, 6) is 2.29. The van der Waals surface area contributed by atoms with E-state index >= 15 is 0 Å². The van der Waals surface area contributed by atoms with Crippen molar-refractivity contribution in [2.45, 2.75) is 0 Å². The van der Waals surface area contributed by atoms with Crippen LogP contribution in [0.5, 0.6) is 28.7 Å². The summed E-state index contributed by atoms with van der Waals surface area (Å²) in [6.45, 7) is 0. The molecule has 3 aromatic rings. The van der Waals surface area contributed by atoms with Crippen LogP contribution in [0.3, 0.4) is 0 Å². The van der Waals surface area contributed by atoms with E-state index in [9.17, 15) is 5.11 Å². The maximum atomic E-state index is 10.1. The van der Waals surface area contributed by atoms with Crippen molar-refractivity contribution in [2.75, 3.05) is 28.4 Å². The van der Waals surface area contributed by atoms with Gasteiger partial charge in [-0.25, -0.2) is 0 Å². The second-order valence-electron chi connectivity index (χ2n) is 5.46. The van der Waals surface area contributed by atoms with Gasteiger partial charge in [-0.1, -0.05) is 0 Å². The van der Waals surface area contributed by atoms with Crippen LogP contribution in [0, 0.1) is 0 Å². The Labute approximate surface area is 156 Å². The number of hydrogen-bond acceptors (Lipinski definition) is 6. The van der Waals surface area contributed by atoms with E-state index in [0.29, 0.717) is 23.0 Å². The van der Waals surface area contributed by atoms with Gasteiger partial charge in [0.2, 0.25) is 5.75 Å². The molecule has 0 atom stereocenters. The second kappa shape index (κ2) is 7.58. The van der Waals surface area contributed by atoms with E-state index < -0.39 is 0 Å². The van der Waals surface area contributed by atoms with Crippen LogP contribution in [0.15, 0.2) is 41.8 Å². The van der Waals surface area contributed by atoms with Crippen molar-refractivity contribution in [1.29, 1.82) is 0 Å². The predicted molar refractivity (Wildman–Crippen MR) is 103 cm³/mol. The molecule has 1 N–H and O–H groups in total.